The summed E-state index contributed by atoms with van der Waals surface area (Å²) in [5.41, 5.74) is 10.3. The lowest BCUT2D eigenvalue weighted by Crippen LogP contribution is -2.46. The maximum atomic E-state index is 12.6. The number of hydrogen-bond donors (Lipinski definition) is 0. The number of ether oxygens (including phenoxy) is 3. The minimum Gasteiger partial charge on any atom is -0.497 e. The first-order chi connectivity index (χ1) is 16.1. The number of nitrogens with zero attached hydrogens (tertiary/aromatic N) is 4. The van der Waals surface area contributed by atoms with Crippen molar-refractivity contribution in [1.29, 1.82) is 0 Å². The number of carbonyl (C=O) groups is 1. The van der Waals surface area contributed by atoms with Gasteiger partial charge < -0.3 is 19.1 Å². The first kappa shape index (κ1) is 25.8. The summed E-state index contributed by atoms with van der Waals surface area (Å²) >= 11 is 12.6. The summed E-state index contributed by atoms with van der Waals surface area (Å²) in [6.07, 6.45) is 0.106. The molecule has 3 rings (SSSR count). The molecule has 0 bridgehead atoms. The average Bonchev–Trinajstić information content (AvgIpc) is 2.79. The van der Waals surface area contributed by atoms with Gasteiger partial charge in [-0.2, -0.15) is 0 Å². The molecule has 0 radical (unpaired) electrons. The van der Waals surface area contributed by atoms with Crippen molar-refractivity contribution in [3.05, 3.63) is 68.0 Å². The van der Waals surface area contributed by atoms with E-state index in [0.717, 1.165) is 16.9 Å². The third-order valence-electron chi connectivity index (χ3n) is 5.44. The van der Waals surface area contributed by atoms with Crippen LogP contribution in [0.25, 0.3) is 10.4 Å². The SMILES string of the molecule is COc1ccc(COc2cc(Cl)c(Cl)cc2C2CCN(C(=O)OC(C)(C)C)CC2N=[N+]=[N-])cc1. The van der Waals surface area contributed by atoms with E-state index in [4.69, 9.17) is 37.4 Å². The molecule has 1 aliphatic heterocycles. The quantitative estimate of drug-likeness (QED) is 0.239. The highest BCUT2D eigenvalue weighted by Gasteiger charge is 2.35. The molecule has 0 spiro atoms. The van der Waals surface area contributed by atoms with Gasteiger partial charge in [0.2, 0.25) is 0 Å². The van der Waals surface area contributed by atoms with Gasteiger partial charge >= 0.3 is 6.09 Å². The minimum atomic E-state index is -0.617. The molecule has 0 aliphatic carbocycles. The second-order valence-electron chi connectivity index (χ2n) is 9.03. The van der Waals surface area contributed by atoms with Gasteiger partial charge in [-0.3, -0.25) is 0 Å². The number of halogens is 2. The Kier molecular flexibility index (Phi) is 8.42. The molecule has 2 aromatic rings. The van der Waals surface area contributed by atoms with E-state index in [2.05, 4.69) is 10.0 Å². The lowest BCUT2D eigenvalue weighted by molar-refractivity contribution is 0.0186. The number of methoxy groups -OCH3 is 1. The number of likely N-dealkylation sites (tertiary alicyclic amines) is 1. The standard InChI is InChI=1S/C24H28Cl2N4O4/c1-24(2,3)34-23(31)30-10-9-17(21(13-30)28-29-27)18-11-19(25)20(26)12-22(18)33-14-15-5-7-16(32-4)8-6-15/h5-8,11-12,17,21H,9-10,13-14H2,1-4H3. The van der Waals surface area contributed by atoms with E-state index < -0.39 is 17.7 Å². The second-order valence-corrected chi connectivity index (χ2v) is 9.85. The first-order valence-corrected chi connectivity index (χ1v) is 11.6. The summed E-state index contributed by atoms with van der Waals surface area (Å²) in [6.45, 7) is 6.40. The molecule has 2 unspecified atom stereocenters. The highest BCUT2D eigenvalue weighted by Crippen LogP contribution is 2.41. The van der Waals surface area contributed by atoms with Crippen molar-refractivity contribution in [3.8, 4) is 11.5 Å². The van der Waals surface area contributed by atoms with Crippen molar-refractivity contribution in [3.63, 3.8) is 0 Å². The van der Waals surface area contributed by atoms with Crippen LogP contribution in [0.4, 0.5) is 4.79 Å². The summed E-state index contributed by atoms with van der Waals surface area (Å²) < 4.78 is 16.8. The van der Waals surface area contributed by atoms with E-state index >= 15 is 0 Å². The molecule has 1 amide bonds. The van der Waals surface area contributed by atoms with Crippen LogP contribution in [0.15, 0.2) is 41.5 Å². The number of amides is 1. The van der Waals surface area contributed by atoms with Crippen molar-refractivity contribution in [2.45, 2.75) is 51.4 Å². The minimum absolute atomic E-state index is 0.213. The molecule has 0 N–H and O–H groups in total. The number of benzene rings is 2. The molecule has 1 fully saturated rings. The molecule has 0 saturated carbocycles. The van der Waals surface area contributed by atoms with Crippen LogP contribution in [0.1, 0.15) is 44.2 Å². The third kappa shape index (κ3) is 6.63. The predicted molar refractivity (Wildman–Crippen MR) is 132 cm³/mol. The van der Waals surface area contributed by atoms with Crippen molar-refractivity contribution in [2.75, 3.05) is 20.2 Å². The smallest absolute Gasteiger partial charge is 0.410 e. The van der Waals surface area contributed by atoms with Gasteiger partial charge in [0.05, 0.1) is 23.2 Å². The highest BCUT2D eigenvalue weighted by molar-refractivity contribution is 6.42. The number of rotatable bonds is 6. The van der Waals surface area contributed by atoms with E-state index in [9.17, 15) is 10.3 Å². The number of piperidine rings is 1. The lowest BCUT2D eigenvalue weighted by atomic mass is 9.85. The van der Waals surface area contributed by atoms with Crippen LogP contribution in [0.5, 0.6) is 11.5 Å². The fraction of sp³-hybridized carbons (Fsp3) is 0.458. The Labute approximate surface area is 209 Å². The molecular formula is C24H28Cl2N4O4. The zero-order valence-electron chi connectivity index (χ0n) is 19.6. The van der Waals surface area contributed by atoms with Gasteiger partial charge in [0.1, 0.15) is 23.7 Å². The number of carbonyl (C=O) groups excluding carboxylic acids is 1. The Morgan fingerprint density at radius 2 is 1.88 bits per heavy atom. The summed E-state index contributed by atoms with van der Waals surface area (Å²) in [5, 5.41) is 4.73. The molecule has 0 aromatic heterocycles. The van der Waals surface area contributed by atoms with Crippen LogP contribution in [0, 0.1) is 0 Å². The summed E-state index contributed by atoms with van der Waals surface area (Å²) in [6, 6.07) is 10.5. The normalized spacial score (nSPS) is 18.1. The van der Waals surface area contributed by atoms with Crippen LogP contribution in [-0.2, 0) is 11.3 Å². The molecule has 2 atom stereocenters. The van der Waals surface area contributed by atoms with Gasteiger partial charge in [-0.1, -0.05) is 40.4 Å². The predicted octanol–water partition coefficient (Wildman–Crippen LogP) is 6.98. The van der Waals surface area contributed by atoms with E-state index in [1.54, 1.807) is 24.1 Å². The lowest BCUT2D eigenvalue weighted by Gasteiger charge is -2.37. The molecule has 2 aromatic carbocycles. The Morgan fingerprint density at radius 3 is 2.50 bits per heavy atom. The van der Waals surface area contributed by atoms with E-state index in [-0.39, 0.29) is 12.5 Å². The fourth-order valence-corrected chi connectivity index (χ4v) is 4.14. The summed E-state index contributed by atoms with van der Waals surface area (Å²) in [7, 11) is 1.61. The van der Waals surface area contributed by atoms with Crippen LogP contribution < -0.4 is 9.47 Å². The van der Waals surface area contributed by atoms with Gasteiger partial charge in [0, 0.05) is 24.1 Å². The van der Waals surface area contributed by atoms with E-state index in [1.807, 2.05) is 45.0 Å². The van der Waals surface area contributed by atoms with E-state index in [1.165, 1.54) is 0 Å². The zero-order chi connectivity index (χ0) is 24.9. The molecule has 1 aliphatic rings. The third-order valence-corrected chi connectivity index (χ3v) is 6.16. The van der Waals surface area contributed by atoms with Gasteiger partial charge in [-0.05, 0) is 68.0 Å². The second kappa shape index (κ2) is 11.1. The van der Waals surface area contributed by atoms with Crippen LogP contribution in [0.3, 0.4) is 0 Å². The maximum Gasteiger partial charge on any atom is 0.410 e. The molecule has 8 nitrogen and oxygen atoms in total. The van der Waals surface area contributed by atoms with Crippen LogP contribution >= 0.6 is 23.2 Å². The van der Waals surface area contributed by atoms with Crippen molar-refractivity contribution >= 4 is 29.3 Å². The average molecular weight is 507 g/mol. The number of hydrogen-bond acceptors (Lipinski definition) is 5. The summed E-state index contributed by atoms with van der Waals surface area (Å²) in [4.78, 5) is 17.2. The Bertz CT molecular complexity index is 1070. The topological polar surface area (TPSA) is 96.8 Å². The maximum absolute atomic E-state index is 12.6. The Morgan fingerprint density at radius 1 is 1.21 bits per heavy atom. The zero-order valence-corrected chi connectivity index (χ0v) is 21.1. The summed E-state index contributed by atoms with van der Waals surface area (Å²) in [5.74, 6) is 1.10. The van der Waals surface area contributed by atoms with Crippen LogP contribution in [-0.4, -0.2) is 42.8 Å². The number of azide groups is 1. The van der Waals surface area contributed by atoms with E-state index in [0.29, 0.717) is 35.4 Å². The highest BCUT2D eigenvalue weighted by atomic mass is 35.5. The molecule has 182 valence electrons. The molecule has 1 heterocycles. The first-order valence-electron chi connectivity index (χ1n) is 10.9. The monoisotopic (exact) mass is 506 g/mol. The van der Waals surface area contributed by atoms with Crippen molar-refractivity contribution in [1.82, 2.24) is 4.90 Å². The Balaban J connectivity index is 1.84. The largest absolute Gasteiger partial charge is 0.497 e. The fourth-order valence-electron chi connectivity index (χ4n) is 3.81. The van der Waals surface area contributed by atoms with Gasteiger partial charge in [-0.15, -0.1) is 0 Å². The van der Waals surface area contributed by atoms with Crippen molar-refractivity contribution in [2.24, 2.45) is 5.11 Å². The van der Waals surface area contributed by atoms with Gasteiger partial charge in [0.25, 0.3) is 0 Å². The molecule has 34 heavy (non-hydrogen) atoms. The van der Waals surface area contributed by atoms with Crippen molar-refractivity contribution < 1.29 is 19.0 Å². The molecular weight excluding hydrogens is 479 g/mol. The van der Waals surface area contributed by atoms with Gasteiger partial charge in [-0.25, -0.2) is 4.79 Å². The molecule has 1 saturated heterocycles. The van der Waals surface area contributed by atoms with Gasteiger partial charge in [0.15, 0.2) is 0 Å². The Hall–Kier alpha value is -2.80. The molecule has 10 heteroatoms. The van der Waals surface area contributed by atoms with Crippen LogP contribution in [0.2, 0.25) is 10.0 Å².